The van der Waals surface area contributed by atoms with Gasteiger partial charge in [0.05, 0.1) is 0 Å². The highest BCUT2D eigenvalue weighted by atomic mass is 35.5. The molecule has 0 spiro atoms. The van der Waals surface area contributed by atoms with Gasteiger partial charge >= 0.3 is 0 Å². The lowest BCUT2D eigenvalue weighted by Gasteiger charge is -2.17. The molecule has 2 aromatic rings. The molecule has 1 nitrogen and oxygen atoms in total. The van der Waals surface area contributed by atoms with Crippen LogP contribution in [-0.2, 0) is 0 Å². The normalized spacial score (nSPS) is 12.4. The van der Waals surface area contributed by atoms with E-state index in [-0.39, 0.29) is 5.82 Å². The van der Waals surface area contributed by atoms with Crippen molar-refractivity contribution in [2.45, 2.75) is 26.3 Å². The highest BCUT2D eigenvalue weighted by Crippen LogP contribution is 2.27. The second kappa shape index (κ2) is 6.87. The second-order valence-electron chi connectivity index (χ2n) is 4.80. The van der Waals surface area contributed by atoms with Crippen LogP contribution in [-0.4, -0.2) is 6.54 Å². The Morgan fingerprint density at radius 1 is 1.10 bits per heavy atom. The Labute approximate surface area is 124 Å². The molecule has 2 aromatic carbocycles. The van der Waals surface area contributed by atoms with Gasteiger partial charge in [-0.05, 0) is 53.9 Å². The Balaban J connectivity index is 2.38. The van der Waals surface area contributed by atoms with E-state index in [1.807, 2.05) is 12.1 Å². The fourth-order valence-electron chi connectivity index (χ4n) is 2.40. The maximum absolute atomic E-state index is 13.5. The van der Waals surface area contributed by atoms with Crippen LogP contribution in [0.4, 0.5) is 4.39 Å². The van der Waals surface area contributed by atoms with Gasteiger partial charge < -0.3 is 5.32 Å². The highest BCUT2D eigenvalue weighted by molar-refractivity contribution is 6.30. The molecule has 0 bridgehead atoms. The van der Waals surface area contributed by atoms with Gasteiger partial charge in [-0.1, -0.05) is 43.6 Å². The van der Waals surface area contributed by atoms with Crippen LogP contribution >= 0.6 is 11.6 Å². The zero-order valence-corrected chi connectivity index (χ0v) is 12.5. The first-order valence-corrected chi connectivity index (χ1v) is 7.31. The van der Waals surface area contributed by atoms with Gasteiger partial charge in [0.25, 0.3) is 0 Å². The first kappa shape index (κ1) is 15.0. The summed E-state index contributed by atoms with van der Waals surface area (Å²) in [5.74, 6) is -0.309. The number of hydrogen-bond donors (Lipinski definition) is 1. The molecule has 1 unspecified atom stereocenters. The molecule has 1 atom stereocenters. The lowest BCUT2D eigenvalue weighted by molar-refractivity contribution is 0.537. The van der Waals surface area contributed by atoms with E-state index in [0.717, 1.165) is 24.1 Å². The van der Waals surface area contributed by atoms with Gasteiger partial charge in [0.1, 0.15) is 5.82 Å². The average Bonchev–Trinajstić information content (AvgIpc) is 2.44. The minimum atomic E-state index is -0.309. The van der Waals surface area contributed by atoms with E-state index in [9.17, 15) is 4.39 Å². The second-order valence-corrected chi connectivity index (χ2v) is 5.24. The van der Waals surface area contributed by atoms with Crippen LogP contribution < -0.4 is 5.32 Å². The minimum absolute atomic E-state index is 0.309. The van der Waals surface area contributed by atoms with Crippen LogP contribution in [0.25, 0.3) is 11.1 Å². The number of nitrogens with one attached hydrogen (secondary N) is 1. The summed E-state index contributed by atoms with van der Waals surface area (Å²) in [4.78, 5) is 0. The van der Waals surface area contributed by atoms with Gasteiger partial charge in [-0.15, -0.1) is 0 Å². The van der Waals surface area contributed by atoms with Gasteiger partial charge in [-0.2, -0.15) is 0 Å². The Morgan fingerprint density at radius 2 is 1.90 bits per heavy atom. The number of benzene rings is 2. The van der Waals surface area contributed by atoms with Gasteiger partial charge in [0.2, 0.25) is 0 Å². The summed E-state index contributed by atoms with van der Waals surface area (Å²) >= 11 is 5.93. The molecular formula is C17H19ClFN. The van der Waals surface area contributed by atoms with Gasteiger partial charge in [-0.25, -0.2) is 4.39 Å². The van der Waals surface area contributed by atoms with E-state index >= 15 is 0 Å². The quantitative estimate of drug-likeness (QED) is 0.797. The number of rotatable bonds is 5. The third kappa shape index (κ3) is 3.59. The lowest BCUT2D eigenvalue weighted by Crippen LogP contribution is -2.19. The summed E-state index contributed by atoms with van der Waals surface area (Å²) in [6.45, 7) is 5.17. The van der Waals surface area contributed by atoms with Crippen molar-refractivity contribution >= 4 is 11.6 Å². The van der Waals surface area contributed by atoms with Crippen molar-refractivity contribution in [2.24, 2.45) is 0 Å². The van der Waals surface area contributed by atoms with Crippen molar-refractivity contribution in [2.75, 3.05) is 6.54 Å². The van der Waals surface area contributed by atoms with Gasteiger partial charge in [0.15, 0.2) is 0 Å². The average molecular weight is 292 g/mol. The molecule has 0 saturated carbocycles. The van der Waals surface area contributed by atoms with Gasteiger partial charge in [0, 0.05) is 11.1 Å². The number of hydrogen-bond acceptors (Lipinski definition) is 1. The lowest BCUT2D eigenvalue weighted by atomic mass is 9.98. The van der Waals surface area contributed by atoms with Crippen LogP contribution in [0.3, 0.4) is 0 Å². The van der Waals surface area contributed by atoms with E-state index in [1.54, 1.807) is 6.07 Å². The summed E-state index contributed by atoms with van der Waals surface area (Å²) in [5, 5.41) is 3.87. The highest BCUT2D eigenvalue weighted by Gasteiger charge is 2.09. The SMILES string of the molecule is CCNC(CC)c1cccc(-c2cc(F)cc(Cl)c2)c1. The molecule has 0 amide bonds. The molecule has 0 saturated heterocycles. The largest absolute Gasteiger partial charge is 0.310 e. The summed E-state index contributed by atoms with van der Waals surface area (Å²) in [6.07, 6.45) is 1.02. The first-order chi connectivity index (χ1) is 9.63. The predicted octanol–water partition coefficient (Wildman–Crippen LogP) is 5.21. The molecule has 2 rings (SSSR count). The third-order valence-corrected chi connectivity index (χ3v) is 3.56. The summed E-state index contributed by atoms with van der Waals surface area (Å²) in [7, 11) is 0. The first-order valence-electron chi connectivity index (χ1n) is 6.93. The fraction of sp³-hybridized carbons (Fsp3) is 0.294. The monoisotopic (exact) mass is 291 g/mol. The van der Waals surface area contributed by atoms with Crippen molar-refractivity contribution < 1.29 is 4.39 Å². The van der Waals surface area contributed by atoms with E-state index in [4.69, 9.17) is 11.6 Å². The molecule has 106 valence electrons. The van der Waals surface area contributed by atoms with E-state index < -0.39 is 0 Å². The van der Waals surface area contributed by atoms with Crippen LogP contribution in [0.5, 0.6) is 0 Å². The molecule has 20 heavy (non-hydrogen) atoms. The zero-order chi connectivity index (χ0) is 14.5. The summed E-state index contributed by atoms with van der Waals surface area (Å²) < 4.78 is 13.5. The van der Waals surface area contributed by atoms with Crippen molar-refractivity contribution in [1.29, 1.82) is 0 Å². The molecule has 0 aliphatic carbocycles. The van der Waals surface area contributed by atoms with Crippen LogP contribution in [0.2, 0.25) is 5.02 Å². The topological polar surface area (TPSA) is 12.0 Å². The minimum Gasteiger partial charge on any atom is -0.310 e. The van der Waals surface area contributed by atoms with Crippen LogP contribution in [0.1, 0.15) is 31.9 Å². The Kier molecular flexibility index (Phi) is 5.16. The van der Waals surface area contributed by atoms with Crippen LogP contribution in [0, 0.1) is 5.82 Å². The Bertz CT molecular complexity index is 563. The van der Waals surface area contributed by atoms with Crippen molar-refractivity contribution in [3.05, 3.63) is 58.9 Å². The van der Waals surface area contributed by atoms with Gasteiger partial charge in [-0.3, -0.25) is 0 Å². The Hall–Kier alpha value is -1.38. The van der Waals surface area contributed by atoms with E-state index in [2.05, 4.69) is 31.3 Å². The van der Waals surface area contributed by atoms with Crippen molar-refractivity contribution in [3.63, 3.8) is 0 Å². The standard InChI is InChI=1S/C17H19ClFN/c1-3-17(20-4-2)13-7-5-6-12(8-13)14-9-15(18)11-16(19)10-14/h5-11,17,20H,3-4H2,1-2H3. The van der Waals surface area contributed by atoms with Crippen LogP contribution in [0.15, 0.2) is 42.5 Å². The molecular weight excluding hydrogens is 273 g/mol. The van der Waals surface area contributed by atoms with Crippen molar-refractivity contribution in [3.8, 4) is 11.1 Å². The molecule has 0 aliphatic heterocycles. The van der Waals surface area contributed by atoms with Crippen molar-refractivity contribution in [1.82, 2.24) is 5.32 Å². The molecule has 1 N–H and O–H groups in total. The molecule has 3 heteroatoms. The number of halogens is 2. The fourth-order valence-corrected chi connectivity index (χ4v) is 2.62. The smallest absolute Gasteiger partial charge is 0.125 e. The third-order valence-electron chi connectivity index (χ3n) is 3.34. The summed E-state index contributed by atoms with van der Waals surface area (Å²) in [6, 6.07) is 13.1. The maximum atomic E-state index is 13.5. The maximum Gasteiger partial charge on any atom is 0.125 e. The summed E-state index contributed by atoms with van der Waals surface area (Å²) in [5.41, 5.74) is 3.01. The molecule has 0 radical (unpaired) electrons. The molecule has 0 fully saturated rings. The molecule has 0 heterocycles. The zero-order valence-electron chi connectivity index (χ0n) is 11.8. The predicted molar refractivity (Wildman–Crippen MR) is 83.6 cm³/mol. The van der Waals surface area contributed by atoms with E-state index in [0.29, 0.717) is 11.1 Å². The van der Waals surface area contributed by atoms with E-state index in [1.165, 1.54) is 17.7 Å². The molecule has 0 aromatic heterocycles. The Morgan fingerprint density at radius 3 is 2.55 bits per heavy atom. The molecule has 0 aliphatic rings.